The summed E-state index contributed by atoms with van der Waals surface area (Å²) in [6, 6.07) is 9.14. The van der Waals surface area contributed by atoms with Gasteiger partial charge >= 0.3 is 17.6 Å². The van der Waals surface area contributed by atoms with E-state index in [-0.39, 0.29) is 19.8 Å². The van der Waals surface area contributed by atoms with Crippen LogP contribution in [0.15, 0.2) is 43.7 Å². The summed E-state index contributed by atoms with van der Waals surface area (Å²) in [7, 11) is 0. The maximum absolute atomic E-state index is 13.6. The van der Waals surface area contributed by atoms with Crippen molar-refractivity contribution in [2.45, 2.75) is 59.4 Å². The summed E-state index contributed by atoms with van der Waals surface area (Å²) in [5.74, 6) is -1.22. The Kier molecular flexibility index (Phi) is 8.91. The van der Waals surface area contributed by atoms with Gasteiger partial charge in [0.05, 0.1) is 22.3 Å². The van der Waals surface area contributed by atoms with Gasteiger partial charge in [0.25, 0.3) is 5.56 Å². The van der Waals surface area contributed by atoms with Gasteiger partial charge in [0, 0.05) is 0 Å². The molecule has 0 aliphatic heterocycles. The molecular weight excluding hydrogens is 552 g/mol. The second kappa shape index (κ2) is 11.5. The second-order valence-corrected chi connectivity index (χ2v) is 11.4. The number of carbonyl (C=O) groups excluding carboxylic acids is 2. The van der Waals surface area contributed by atoms with Gasteiger partial charge in [-0.3, -0.25) is 14.2 Å². The van der Waals surface area contributed by atoms with Crippen molar-refractivity contribution < 1.29 is 23.8 Å². The van der Waals surface area contributed by atoms with E-state index in [0.29, 0.717) is 19.6 Å². The van der Waals surface area contributed by atoms with Gasteiger partial charge in [-0.15, -0.1) is 11.3 Å². The SMILES string of the molecule is CCOC(=O)COC(Cn1c(=O)n(CC(=O)OC(C)(C)C)c(=O)c2c(C)c(Br)sc21)c1ccccc1. The van der Waals surface area contributed by atoms with Crippen molar-refractivity contribution in [3.05, 3.63) is 66.1 Å². The summed E-state index contributed by atoms with van der Waals surface area (Å²) in [6.45, 7) is 7.97. The Morgan fingerprint density at radius 3 is 2.36 bits per heavy atom. The first-order valence-electron chi connectivity index (χ1n) is 11.4. The third-order valence-corrected chi connectivity index (χ3v) is 7.35. The van der Waals surface area contributed by atoms with Crippen molar-refractivity contribution in [2.75, 3.05) is 13.2 Å². The van der Waals surface area contributed by atoms with Crippen LogP contribution in [0, 0.1) is 6.92 Å². The zero-order chi connectivity index (χ0) is 26.6. The van der Waals surface area contributed by atoms with E-state index in [4.69, 9.17) is 14.2 Å². The standard InChI is InChI=1S/C25H29BrN2O7S/c1-6-33-19(30)14-34-17(16-10-8-7-9-11-16)12-28-23-20(15(2)21(26)36-23)22(31)27(24(28)32)13-18(29)35-25(3,4)5/h7-11,17H,6,12-14H2,1-5H3. The molecule has 2 heterocycles. The molecule has 0 saturated carbocycles. The molecule has 2 aromatic heterocycles. The number of hydrogen-bond acceptors (Lipinski definition) is 8. The Labute approximate surface area is 220 Å². The van der Waals surface area contributed by atoms with Gasteiger partial charge < -0.3 is 14.2 Å². The lowest BCUT2D eigenvalue weighted by Crippen LogP contribution is -2.43. The summed E-state index contributed by atoms with van der Waals surface area (Å²) in [5.41, 5.74) is -0.618. The maximum atomic E-state index is 13.6. The number of aromatic nitrogens is 2. The molecule has 36 heavy (non-hydrogen) atoms. The fourth-order valence-corrected chi connectivity index (χ4v) is 5.32. The third-order valence-electron chi connectivity index (χ3n) is 5.17. The number of nitrogens with zero attached hydrogens (tertiary/aromatic N) is 2. The topological polar surface area (TPSA) is 106 Å². The Balaban J connectivity index is 2.11. The molecule has 9 nitrogen and oxygen atoms in total. The van der Waals surface area contributed by atoms with Crippen molar-refractivity contribution >= 4 is 49.4 Å². The van der Waals surface area contributed by atoms with E-state index in [2.05, 4.69) is 15.9 Å². The van der Waals surface area contributed by atoms with E-state index in [0.717, 1.165) is 10.1 Å². The summed E-state index contributed by atoms with van der Waals surface area (Å²) in [4.78, 5) is 51.9. The summed E-state index contributed by atoms with van der Waals surface area (Å²) in [5, 5.41) is 0.326. The Bertz CT molecular complexity index is 1370. The summed E-state index contributed by atoms with van der Waals surface area (Å²) in [6.07, 6.45) is -0.704. The minimum atomic E-state index is -0.773. The molecule has 1 unspecified atom stereocenters. The van der Waals surface area contributed by atoms with Crippen molar-refractivity contribution in [3.8, 4) is 0 Å². The minimum absolute atomic E-state index is 0.000255. The molecule has 1 atom stereocenters. The molecule has 0 bridgehead atoms. The lowest BCUT2D eigenvalue weighted by molar-refractivity contribution is -0.156. The predicted octanol–water partition coefficient (Wildman–Crippen LogP) is 3.96. The molecule has 0 aliphatic rings. The van der Waals surface area contributed by atoms with Crippen LogP contribution in [0.5, 0.6) is 0 Å². The quantitative estimate of drug-likeness (QED) is 0.353. The number of hydrogen-bond donors (Lipinski definition) is 0. The molecule has 1 aromatic carbocycles. The predicted molar refractivity (Wildman–Crippen MR) is 140 cm³/mol. The number of ether oxygens (including phenoxy) is 3. The van der Waals surface area contributed by atoms with Crippen LogP contribution in [-0.2, 0) is 36.9 Å². The first-order valence-corrected chi connectivity index (χ1v) is 13.0. The van der Waals surface area contributed by atoms with Crippen LogP contribution in [0.3, 0.4) is 0 Å². The van der Waals surface area contributed by atoms with Crippen molar-refractivity contribution in [2.24, 2.45) is 0 Å². The van der Waals surface area contributed by atoms with Crippen LogP contribution in [0.1, 0.15) is 44.9 Å². The summed E-state index contributed by atoms with van der Waals surface area (Å²) >= 11 is 4.71. The van der Waals surface area contributed by atoms with Crippen molar-refractivity contribution in [1.82, 2.24) is 9.13 Å². The second-order valence-electron chi connectivity index (χ2n) is 9.07. The summed E-state index contributed by atoms with van der Waals surface area (Å²) < 4.78 is 19.2. The van der Waals surface area contributed by atoms with E-state index < -0.39 is 41.4 Å². The molecule has 194 valence electrons. The van der Waals surface area contributed by atoms with Gasteiger partial charge in [0.2, 0.25) is 0 Å². The fraction of sp³-hybridized carbons (Fsp3) is 0.440. The first kappa shape index (κ1) is 27.8. The van der Waals surface area contributed by atoms with Crippen LogP contribution in [0.4, 0.5) is 0 Å². The Morgan fingerprint density at radius 2 is 1.75 bits per heavy atom. The van der Waals surface area contributed by atoms with Crippen LogP contribution in [-0.4, -0.2) is 39.9 Å². The van der Waals surface area contributed by atoms with Gasteiger partial charge in [-0.25, -0.2) is 14.2 Å². The Hall–Kier alpha value is -2.76. The molecule has 0 radical (unpaired) electrons. The molecule has 0 fully saturated rings. The maximum Gasteiger partial charge on any atom is 0.332 e. The van der Waals surface area contributed by atoms with Crippen LogP contribution in [0.25, 0.3) is 10.2 Å². The number of esters is 2. The van der Waals surface area contributed by atoms with Crippen LogP contribution in [0.2, 0.25) is 0 Å². The highest BCUT2D eigenvalue weighted by atomic mass is 79.9. The molecule has 0 aliphatic carbocycles. The lowest BCUT2D eigenvalue weighted by atomic mass is 10.1. The van der Waals surface area contributed by atoms with Gasteiger partial charge in [-0.2, -0.15) is 0 Å². The van der Waals surface area contributed by atoms with Crippen molar-refractivity contribution in [3.63, 3.8) is 0 Å². The zero-order valence-electron chi connectivity index (χ0n) is 20.8. The van der Waals surface area contributed by atoms with E-state index in [1.165, 1.54) is 15.9 Å². The van der Waals surface area contributed by atoms with Crippen LogP contribution < -0.4 is 11.2 Å². The molecule has 3 aromatic rings. The van der Waals surface area contributed by atoms with Gasteiger partial charge in [0.15, 0.2) is 0 Å². The molecular formula is C25H29BrN2O7S. The molecule has 0 amide bonds. The number of thiophene rings is 1. The van der Waals surface area contributed by atoms with Gasteiger partial charge in [-0.05, 0) is 61.7 Å². The largest absolute Gasteiger partial charge is 0.464 e. The van der Waals surface area contributed by atoms with Gasteiger partial charge in [0.1, 0.15) is 29.7 Å². The monoisotopic (exact) mass is 580 g/mol. The van der Waals surface area contributed by atoms with E-state index >= 15 is 0 Å². The Morgan fingerprint density at radius 1 is 1.08 bits per heavy atom. The average Bonchev–Trinajstić information content (AvgIpc) is 3.10. The molecule has 0 N–H and O–H groups in total. The molecule has 0 spiro atoms. The number of benzene rings is 1. The zero-order valence-corrected chi connectivity index (χ0v) is 23.2. The number of aryl methyl sites for hydroxylation is 1. The number of carbonyl (C=O) groups is 2. The van der Waals surface area contributed by atoms with Crippen LogP contribution >= 0.6 is 27.3 Å². The normalized spacial score (nSPS) is 12.5. The number of rotatable bonds is 9. The molecule has 11 heteroatoms. The molecule has 0 saturated heterocycles. The van der Waals surface area contributed by atoms with Gasteiger partial charge in [-0.1, -0.05) is 30.3 Å². The molecule has 3 rings (SSSR count). The first-order chi connectivity index (χ1) is 16.9. The highest BCUT2D eigenvalue weighted by Crippen LogP contribution is 2.33. The number of halogens is 1. The highest BCUT2D eigenvalue weighted by Gasteiger charge is 2.25. The van der Waals surface area contributed by atoms with E-state index in [1.807, 2.05) is 30.3 Å². The highest BCUT2D eigenvalue weighted by molar-refractivity contribution is 9.11. The lowest BCUT2D eigenvalue weighted by Gasteiger charge is -2.21. The average molecular weight is 581 g/mol. The van der Waals surface area contributed by atoms with E-state index in [9.17, 15) is 19.2 Å². The van der Waals surface area contributed by atoms with Crippen molar-refractivity contribution in [1.29, 1.82) is 0 Å². The number of fused-ring (bicyclic) bond motifs is 1. The third kappa shape index (κ3) is 6.51. The smallest absolute Gasteiger partial charge is 0.332 e. The fourth-order valence-electron chi connectivity index (χ4n) is 3.63. The van der Waals surface area contributed by atoms with E-state index in [1.54, 1.807) is 34.6 Å². The minimum Gasteiger partial charge on any atom is -0.464 e.